The molecule has 0 saturated heterocycles. The zero-order valence-corrected chi connectivity index (χ0v) is 13.8. The van der Waals surface area contributed by atoms with Gasteiger partial charge in [-0.05, 0) is 30.5 Å². The number of hydrogen-bond donors (Lipinski definition) is 2. The number of rotatable bonds is 6. The van der Waals surface area contributed by atoms with E-state index in [1.165, 1.54) is 11.1 Å². The van der Waals surface area contributed by atoms with Gasteiger partial charge in [0.25, 0.3) is 0 Å². The van der Waals surface area contributed by atoms with Crippen molar-refractivity contribution in [2.75, 3.05) is 13.6 Å². The molecule has 0 radical (unpaired) electrons. The molecule has 0 spiro atoms. The Morgan fingerprint density at radius 1 is 1.39 bits per heavy atom. The van der Waals surface area contributed by atoms with Gasteiger partial charge in [0.1, 0.15) is 11.7 Å². The lowest BCUT2D eigenvalue weighted by atomic mass is 10.1. The summed E-state index contributed by atoms with van der Waals surface area (Å²) in [5, 5.41) is 3.36. The van der Waals surface area contributed by atoms with Gasteiger partial charge in [0.2, 0.25) is 0 Å². The predicted molar refractivity (Wildman–Crippen MR) is 97.8 cm³/mol. The maximum Gasteiger partial charge on any atom is 0.144 e. The van der Waals surface area contributed by atoms with Gasteiger partial charge >= 0.3 is 0 Å². The quantitative estimate of drug-likeness (QED) is 0.849. The van der Waals surface area contributed by atoms with Crippen LogP contribution in [0.2, 0.25) is 0 Å². The van der Waals surface area contributed by atoms with E-state index in [-0.39, 0.29) is 0 Å². The predicted octanol–water partition coefficient (Wildman–Crippen LogP) is 2.85. The maximum atomic E-state index is 5.79. The van der Waals surface area contributed by atoms with E-state index in [4.69, 9.17) is 5.73 Å². The van der Waals surface area contributed by atoms with Gasteiger partial charge in [-0.1, -0.05) is 43.5 Å². The van der Waals surface area contributed by atoms with Crippen LogP contribution in [-0.2, 0) is 6.42 Å². The highest BCUT2D eigenvalue weighted by molar-refractivity contribution is 5.93. The highest BCUT2D eigenvalue weighted by atomic mass is 15.2. The fraction of sp³-hybridized carbons (Fsp3) is 0.211. The molecule has 0 amide bonds. The Labute approximate surface area is 138 Å². The summed E-state index contributed by atoms with van der Waals surface area (Å²) in [4.78, 5) is 6.28. The van der Waals surface area contributed by atoms with Gasteiger partial charge in [-0.3, -0.25) is 0 Å². The topological polar surface area (TPSA) is 53.6 Å². The van der Waals surface area contributed by atoms with Crippen LogP contribution in [-0.4, -0.2) is 24.3 Å². The third kappa shape index (κ3) is 4.13. The Hall–Kier alpha value is -2.75. The summed E-state index contributed by atoms with van der Waals surface area (Å²) in [6.45, 7) is 10.9. The molecule has 0 aliphatic carbocycles. The molecule has 4 nitrogen and oxygen atoms in total. The third-order valence-corrected chi connectivity index (χ3v) is 3.80. The van der Waals surface area contributed by atoms with E-state index in [0.29, 0.717) is 5.84 Å². The number of allylic oxidation sites excluding steroid dienone is 1. The smallest absolute Gasteiger partial charge is 0.144 e. The number of amidine groups is 1. The number of hydrogen-bond acceptors (Lipinski definition) is 4. The highest BCUT2D eigenvalue weighted by Crippen LogP contribution is 2.19. The van der Waals surface area contributed by atoms with Gasteiger partial charge in [0.15, 0.2) is 0 Å². The van der Waals surface area contributed by atoms with Crippen LogP contribution in [0.3, 0.4) is 0 Å². The van der Waals surface area contributed by atoms with Gasteiger partial charge in [-0.25, -0.2) is 4.99 Å². The second kappa shape index (κ2) is 7.49. The van der Waals surface area contributed by atoms with Crippen LogP contribution in [0.15, 0.2) is 77.9 Å². The lowest BCUT2D eigenvalue weighted by molar-refractivity contribution is 0.550. The van der Waals surface area contributed by atoms with E-state index >= 15 is 0 Å². The summed E-state index contributed by atoms with van der Waals surface area (Å²) in [7, 11) is 1.92. The first-order valence-corrected chi connectivity index (χ1v) is 7.62. The number of benzene rings is 1. The fourth-order valence-electron chi connectivity index (χ4n) is 2.43. The molecule has 0 bridgehead atoms. The monoisotopic (exact) mass is 308 g/mol. The Morgan fingerprint density at radius 3 is 2.83 bits per heavy atom. The second-order valence-electron chi connectivity index (χ2n) is 5.49. The van der Waals surface area contributed by atoms with Crippen molar-refractivity contribution in [3.63, 3.8) is 0 Å². The molecule has 0 fully saturated rings. The molecule has 0 atom stereocenters. The molecule has 0 unspecified atom stereocenters. The SMILES string of the molecule is C=C/C(C(=C)NCCc1ccccc1C)=C1/N=C(N)C=CN1C. The number of nitrogens with two attached hydrogens (primary N) is 1. The first-order valence-electron chi connectivity index (χ1n) is 7.62. The van der Waals surface area contributed by atoms with Crippen LogP contribution in [0.25, 0.3) is 0 Å². The van der Waals surface area contributed by atoms with Crippen molar-refractivity contribution >= 4 is 5.84 Å². The molecule has 1 aromatic carbocycles. The highest BCUT2D eigenvalue weighted by Gasteiger charge is 2.13. The minimum atomic E-state index is 0.477. The first kappa shape index (κ1) is 16.6. The summed E-state index contributed by atoms with van der Waals surface area (Å²) in [5.41, 5.74) is 10.1. The van der Waals surface area contributed by atoms with Crippen molar-refractivity contribution in [1.29, 1.82) is 0 Å². The van der Waals surface area contributed by atoms with E-state index in [2.05, 4.69) is 54.7 Å². The zero-order chi connectivity index (χ0) is 16.8. The van der Waals surface area contributed by atoms with Gasteiger partial charge in [0.05, 0.1) is 0 Å². The van der Waals surface area contributed by atoms with E-state index in [0.717, 1.165) is 30.1 Å². The molecular weight excluding hydrogens is 284 g/mol. The van der Waals surface area contributed by atoms with E-state index in [1.807, 2.05) is 18.1 Å². The molecule has 1 aromatic rings. The molecular formula is C19H24N4. The Balaban J connectivity index is 2.05. The van der Waals surface area contributed by atoms with Crippen LogP contribution in [0.5, 0.6) is 0 Å². The second-order valence-corrected chi connectivity index (χ2v) is 5.49. The average Bonchev–Trinajstić information content (AvgIpc) is 2.53. The van der Waals surface area contributed by atoms with Crippen molar-refractivity contribution in [2.24, 2.45) is 10.7 Å². The lowest BCUT2D eigenvalue weighted by Crippen LogP contribution is -2.24. The molecule has 0 saturated carbocycles. The molecule has 120 valence electrons. The average molecular weight is 308 g/mol. The standard InChI is InChI=1S/C19H24N4/c1-5-17(19-22-18(20)11-13-23(19)4)15(3)21-12-10-16-9-7-6-8-14(16)2/h5-9,11,13,21H,1,3,10,12H2,2,4H3,(H2,20,22)/b19-17+. The summed E-state index contributed by atoms with van der Waals surface area (Å²) in [5.74, 6) is 1.22. The minimum Gasteiger partial charge on any atom is -0.385 e. The van der Waals surface area contributed by atoms with E-state index in [9.17, 15) is 0 Å². The fourth-order valence-corrected chi connectivity index (χ4v) is 2.43. The summed E-state index contributed by atoms with van der Waals surface area (Å²) < 4.78 is 0. The first-order chi connectivity index (χ1) is 11.0. The Bertz CT molecular complexity index is 695. The minimum absolute atomic E-state index is 0.477. The summed E-state index contributed by atoms with van der Waals surface area (Å²) in [6.07, 6.45) is 6.33. The maximum absolute atomic E-state index is 5.79. The van der Waals surface area contributed by atoms with Crippen molar-refractivity contribution in [1.82, 2.24) is 10.2 Å². The van der Waals surface area contributed by atoms with Crippen LogP contribution in [0, 0.1) is 6.92 Å². The van der Waals surface area contributed by atoms with Gasteiger partial charge in [-0.15, -0.1) is 0 Å². The normalized spacial score (nSPS) is 15.9. The van der Waals surface area contributed by atoms with Gasteiger partial charge in [-0.2, -0.15) is 0 Å². The number of nitrogens with one attached hydrogen (secondary N) is 1. The molecule has 3 N–H and O–H groups in total. The Morgan fingerprint density at radius 2 is 2.13 bits per heavy atom. The van der Waals surface area contributed by atoms with Crippen LogP contribution in [0.1, 0.15) is 11.1 Å². The Kier molecular flexibility index (Phi) is 5.41. The molecule has 0 aromatic heterocycles. The van der Waals surface area contributed by atoms with Crippen LogP contribution in [0.4, 0.5) is 0 Å². The summed E-state index contributed by atoms with van der Waals surface area (Å²) in [6, 6.07) is 8.40. The molecule has 23 heavy (non-hydrogen) atoms. The zero-order valence-electron chi connectivity index (χ0n) is 13.8. The molecule has 1 aliphatic rings. The van der Waals surface area contributed by atoms with Crippen molar-refractivity contribution < 1.29 is 0 Å². The van der Waals surface area contributed by atoms with Gasteiger partial charge in [0, 0.05) is 31.1 Å². The van der Waals surface area contributed by atoms with Crippen LogP contribution >= 0.6 is 0 Å². The van der Waals surface area contributed by atoms with Crippen molar-refractivity contribution in [2.45, 2.75) is 13.3 Å². The van der Waals surface area contributed by atoms with Crippen LogP contribution < -0.4 is 11.1 Å². The number of nitrogens with zero attached hydrogens (tertiary/aromatic N) is 2. The molecule has 4 heteroatoms. The largest absolute Gasteiger partial charge is 0.385 e. The van der Waals surface area contributed by atoms with E-state index in [1.54, 1.807) is 12.2 Å². The third-order valence-electron chi connectivity index (χ3n) is 3.80. The number of aryl methyl sites for hydroxylation is 1. The molecule has 2 rings (SSSR count). The van der Waals surface area contributed by atoms with Gasteiger partial charge < -0.3 is 16.0 Å². The van der Waals surface area contributed by atoms with Crippen molar-refractivity contribution in [3.8, 4) is 0 Å². The number of aliphatic imine (C=N–C) groups is 1. The molecule has 1 aliphatic heterocycles. The lowest BCUT2D eigenvalue weighted by Gasteiger charge is -2.22. The summed E-state index contributed by atoms with van der Waals surface area (Å²) >= 11 is 0. The molecule has 1 heterocycles. The van der Waals surface area contributed by atoms with E-state index < -0.39 is 0 Å². The van der Waals surface area contributed by atoms with Crippen molar-refractivity contribution in [3.05, 3.63) is 84.0 Å².